The quantitative estimate of drug-likeness (QED) is 0.257. The Kier molecular flexibility index (Phi) is 10.3. The van der Waals surface area contributed by atoms with Gasteiger partial charge in [-0.3, -0.25) is 4.79 Å². The van der Waals surface area contributed by atoms with Gasteiger partial charge in [0.1, 0.15) is 11.9 Å². The summed E-state index contributed by atoms with van der Waals surface area (Å²) < 4.78 is 39.8. The summed E-state index contributed by atoms with van der Waals surface area (Å²) >= 11 is 0. The Bertz CT molecular complexity index is 1410. The summed E-state index contributed by atoms with van der Waals surface area (Å²) in [5.41, 5.74) is 6.38. The molecule has 1 heterocycles. The molecular formula is C32H41N3O6S. The molecule has 0 unspecified atom stereocenters. The first kappa shape index (κ1) is 31.5. The number of anilines is 1. The molecule has 226 valence electrons. The lowest BCUT2D eigenvalue weighted by molar-refractivity contribution is -0.124. The molecule has 0 aromatic heterocycles. The Morgan fingerprint density at radius 1 is 1.07 bits per heavy atom. The van der Waals surface area contributed by atoms with Gasteiger partial charge in [-0.1, -0.05) is 56.3 Å². The number of aliphatic hydroxyl groups is 1. The van der Waals surface area contributed by atoms with Crippen LogP contribution in [0, 0.1) is 5.92 Å². The second kappa shape index (κ2) is 13.7. The maximum Gasteiger partial charge on any atom is 0.243 e. The second-order valence-electron chi connectivity index (χ2n) is 11.3. The van der Waals surface area contributed by atoms with Crippen molar-refractivity contribution in [2.75, 3.05) is 32.0 Å². The van der Waals surface area contributed by atoms with Gasteiger partial charge in [-0.05, 0) is 60.4 Å². The fourth-order valence-electron chi connectivity index (χ4n) is 4.98. The van der Waals surface area contributed by atoms with Gasteiger partial charge in [-0.15, -0.1) is 0 Å². The molecule has 3 aromatic rings. The summed E-state index contributed by atoms with van der Waals surface area (Å²) in [6.45, 7) is 6.76. The van der Waals surface area contributed by atoms with Crippen LogP contribution in [-0.4, -0.2) is 62.2 Å². The number of nitrogen functional groups attached to an aromatic ring is 1. The molecule has 1 fully saturated rings. The largest absolute Gasteiger partial charge is 0.488 e. The first-order valence-corrected chi connectivity index (χ1v) is 15.6. The van der Waals surface area contributed by atoms with Crippen LogP contribution >= 0.6 is 0 Å². The highest BCUT2D eigenvalue weighted by Crippen LogP contribution is 2.28. The smallest absolute Gasteiger partial charge is 0.243 e. The number of carbonyl (C=O) groups excluding carboxylic acids is 1. The van der Waals surface area contributed by atoms with E-state index in [1.54, 1.807) is 6.92 Å². The Hall–Kier alpha value is -3.44. The van der Waals surface area contributed by atoms with Gasteiger partial charge in [0.05, 0.1) is 36.2 Å². The van der Waals surface area contributed by atoms with Crippen molar-refractivity contribution in [3.8, 4) is 5.75 Å². The molecule has 1 saturated heterocycles. The number of rotatable bonds is 13. The zero-order valence-electron chi connectivity index (χ0n) is 24.4. The number of benzene rings is 3. The number of aliphatic hydroxyl groups excluding tert-OH is 1. The number of ether oxygens (including phenoxy) is 2. The van der Waals surface area contributed by atoms with Crippen molar-refractivity contribution >= 4 is 21.6 Å². The summed E-state index contributed by atoms with van der Waals surface area (Å²) in [6, 6.07) is 22.4. The first-order chi connectivity index (χ1) is 20.0. The number of nitrogens with one attached hydrogen (secondary N) is 1. The third-order valence-corrected chi connectivity index (χ3v) is 9.23. The number of amides is 1. The third-order valence-electron chi connectivity index (χ3n) is 7.38. The Morgan fingerprint density at radius 2 is 1.74 bits per heavy atom. The SMILES string of the molecule is CC(C)CN(C[C@@H](O)[C@@](C)(NC(=O)Cc1ccc(O[C@@H]2CCOC2)cc1)c1ccccc1)S(=O)(=O)c1ccc(N)cc1. The molecule has 42 heavy (non-hydrogen) atoms. The Balaban J connectivity index is 1.53. The molecule has 0 saturated carbocycles. The van der Waals surface area contributed by atoms with E-state index in [1.807, 2.05) is 68.4 Å². The van der Waals surface area contributed by atoms with Gasteiger partial charge in [0.15, 0.2) is 0 Å². The summed E-state index contributed by atoms with van der Waals surface area (Å²) in [5.74, 6) is 0.397. The summed E-state index contributed by atoms with van der Waals surface area (Å²) in [7, 11) is -3.96. The van der Waals surface area contributed by atoms with Crippen molar-refractivity contribution in [2.45, 2.75) is 56.3 Å². The average molecular weight is 596 g/mol. The van der Waals surface area contributed by atoms with Gasteiger partial charge in [0.2, 0.25) is 15.9 Å². The van der Waals surface area contributed by atoms with Crippen LogP contribution in [0.4, 0.5) is 5.69 Å². The summed E-state index contributed by atoms with van der Waals surface area (Å²) in [5, 5.41) is 14.7. The number of sulfonamides is 1. The molecule has 1 aliphatic rings. The molecule has 4 rings (SSSR count). The molecule has 0 bridgehead atoms. The monoisotopic (exact) mass is 595 g/mol. The Morgan fingerprint density at radius 3 is 2.33 bits per heavy atom. The maximum absolute atomic E-state index is 13.6. The van der Waals surface area contributed by atoms with E-state index in [0.29, 0.717) is 30.2 Å². The lowest BCUT2D eigenvalue weighted by Crippen LogP contribution is -2.56. The second-order valence-corrected chi connectivity index (χ2v) is 13.3. The fourth-order valence-corrected chi connectivity index (χ4v) is 6.59. The number of hydrogen-bond acceptors (Lipinski definition) is 7. The van der Waals surface area contributed by atoms with Crippen molar-refractivity contribution in [1.29, 1.82) is 0 Å². The van der Waals surface area contributed by atoms with Crippen LogP contribution < -0.4 is 15.8 Å². The zero-order chi connectivity index (χ0) is 30.3. The van der Waals surface area contributed by atoms with Gasteiger partial charge in [-0.2, -0.15) is 4.31 Å². The molecule has 10 heteroatoms. The highest BCUT2D eigenvalue weighted by molar-refractivity contribution is 7.89. The molecule has 9 nitrogen and oxygen atoms in total. The number of hydrogen-bond donors (Lipinski definition) is 3. The van der Waals surface area contributed by atoms with Crippen LogP contribution in [0.3, 0.4) is 0 Å². The molecule has 3 aromatic carbocycles. The van der Waals surface area contributed by atoms with Crippen molar-refractivity contribution in [1.82, 2.24) is 9.62 Å². The van der Waals surface area contributed by atoms with E-state index >= 15 is 0 Å². The molecular weight excluding hydrogens is 554 g/mol. The van der Waals surface area contributed by atoms with Gasteiger partial charge in [-0.25, -0.2) is 8.42 Å². The predicted octanol–water partition coefficient (Wildman–Crippen LogP) is 3.72. The topological polar surface area (TPSA) is 131 Å². The van der Waals surface area contributed by atoms with Crippen molar-refractivity contribution < 1.29 is 27.8 Å². The number of nitrogens with zero attached hydrogens (tertiary/aromatic N) is 1. The fraction of sp³-hybridized carbons (Fsp3) is 0.406. The molecule has 3 atom stereocenters. The van der Waals surface area contributed by atoms with E-state index in [0.717, 1.165) is 12.0 Å². The molecule has 1 aliphatic heterocycles. The van der Waals surface area contributed by atoms with Gasteiger partial charge in [0, 0.05) is 25.2 Å². The summed E-state index contributed by atoms with van der Waals surface area (Å²) in [4.78, 5) is 13.5. The molecule has 4 N–H and O–H groups in total. The van der Waals surface area contributed by atoms with E-state index in [-0.39, 0.29) is 42.3 Å². The third kappa shape index (κ3) is 7.89. The molecule has 0 radical (unpaired) electrons. The summed E-state index contributed by atoms with van der Waals surface area (Å²) in [6.07, 6.45) is -0.316. The van der Waals surface area contributed by atoms with Crippen molar-refractivity contribution in [3.05, 3.63) is 90.0 Å². The van der Waals surface area contributed by atoms with Crippen LogP contribution in [0.5, 0.6) is 5.75 Å². The highest BCUT2D eigenvalue weighted by Gasteiger charge is 2.40. The minimum absolute atomic E-state index is 0.00789. The van der Waals surface area contributed by atoms with E-state index < -0.39 is 21.7 Å². The predicted molar refractivity (Wildman–Crippen MR) is 162 cm³/mol. The number of carbonyl (C=O) groups is 1. The van der Waals surface area contributed by atoms with E-state index in [9.17, 15) is 18.3 Å². The number of nitrogens with two attached hydrogens (primary N) is 1. The van der Waals surface area contributed by atoms with Crippen molar-refractivity contribution in [3.63, 3.8) is 0 Å². The van der Waals surface area contributed by atoms with E-state index in [2.05, 4.69) is 5.32 Å². The highest BCUT2D eigenvalue weighted by atomic mass is 32.2. The minimum atomic E-state index is -3.96. The van der Waals surface area contributed by atoms with Crippen LogP contribution in [-0.2, 0) is 31.5 Å². The molecule has 1 amide bonds. The average Bonchev–Trinajstić information content (AvgIpc) is 3.47. The van der Waals surface area contributed by atoms with Gasteiger partial charge in [0.25, 0.3) is 0 Å². The molecule has 0 spiro atoms. The lowest BCUT2D eigenvalue weighted by Gasteiger charge is -2.38. The minimum Gasteiger partial charge on any atom is -0.488 e. The Labute approximate surface area is 248 Å². The van der Waals surface area contributed by atoms with E-state index in [4.69, 9.17) is 15.2 Å². The normalized spacial score (nSPS) is 17.6. The standard InChI is InChI=1S/C32H41N3O6S/c1-23(2)20-35(42(38,39)29-15-11-26(33)12-16-29)21-30(36)32(3,25-7-5-4-6-8-25)34-31(37)19-24-9-13-27(14-10-24)41-28-17-18-40-22-28/h4-16,23,28,30,36H,17-22,33H2,1-3H3,(H,34,37)/t28-,30-,32+/m1/s1. The maximum atomic E-state index is 13.6. The van der Waals surface area contributed by atoms with Crippen LogP contribution in [0.2, 0.25) is 0 Å². The van der Waals surface area contributed by atoms with Crippen LogP contribution in [0.1, 0.15) is 38.3 Å². The zero-order valence-corrected chi connectivity index (χ0v) is 25.2. The first-order valence-electron chi connectivity index (χ1n) is 14.2. The van der Waals surface area contributed by atoms with E-state index in [1.165, 1.54) is 28.6 Å². The van der Waals surface area contributed by atoms with Crippen molar-refractivity contribution in [2.24, 2.45) is 5.92 Å². The van der Waals surface area contributed by atoms with Crippen LogP contribution in [0.15, 0.2) is 83.8 Å². The lowest BCUT2D eigenvalue weighted by atomic mass is 9.85. The van der Waals surface area contributed by atoms with Gasteiger partial charge >= 0.3 is 0 Å². The van der Waals surface area contributed by atoms with Gasteiger partial charge < -0.3 is 25.6 Å². The molecule has 0 aliphatic carbocycles. The van der Waals surface area contributed by atoms with Crippen LogP contribution in [0.25, 0.3) is 0 Å².